The molecule has 1 aliphatic heterocycles. The van der Waals surface area contributed by atoms with E-state index in [0.29, 0.717) is 0 Å². The second-order valence-electron chi connectivity index (χ2n) is 4.77. The Hall–Kier alpha value is -2.43. The van der Waals surface area contributed by atoms with Crippen LogP contribution in [0, 0.1) is 0 Å². The van der Waals surface area contributed by atoms with Crippen LogP contribution in [0.25, 0.3) is 0 Å². The van der Waals surface area contributed by atoms with Gasteiger partial charge < -0.3 is 10.2 Å². The van der Waals surface area contributed by atoms with Gasteiger partial charge in [-0.2, -0.15) is 0 Å². The maximum atomic E-state index is 12.4. The fourth-order valence-electron chi connectivity index (χ4n) is 2.52. The quantitative estimate of drug-likeness (QED) is 0.911. The number of likely N-dealkylation sites (tertiary alicyclic amines) is 1. The molecule has 0 radical (unpaired) electrons. The van der Waals surface area contributed by atoms with Gasteiger partial charge in [0.25, 0.3) is 0 Å². The molecular weight excluding hydrogens is 252 g/mol. The number of carbonyl (C=O) groups is 1. The zero-order chi connectivity index (χ0) is 13.8. The Morgan fingerprint density at radius 1 is 1.20 bits per heavy atom. The first-order valence-corrected chi connectivity index (χ1v) is 6.73. The molecule has 1 unspecified atom stereocenters. The fourth-order valence-corrected chi connectivity index (χ4v) is 2.52. The van der Waals surface area contributed by atoms with Crippen molar-refractivity contribution >= 4 is 11.7 Å². The van der Waals surface area contributed by atoms with Crippen LogP contribution in [0.5, 0.6) is 0 Å². The summed E-state index contributed by atoms with van der Waals surface area (Å²) in [6.07, 6.45) is 7.06. The molecular formula is C15H16N4O. The standard InChI is InChI=1S/C15H16N4O/c20-15(18-12-6-9-16-10-7-12)19-11-3-5-14(19)13-4-1-2-8-17-13/h1-2,4,6-10,14H,3,5,11H2,(H,16,18,20). The minimum Gasteiger partial charge on any atom is -0.316 e. The highest BCUT2D eigenvalue weighted by atomic mass is 16.2. The van der Waals surface area contributed by atoms with Gasteiger partial charge in [-0.25, -0.2) is 4.79 Å². The number of anilines is 1. The molecule has 0 aromatic carbocycles. The molecule has 0 saturated carbocycles. The number of hydrogen-bond donors (Lipinski definition) is 1. The third-order valence-corrected chi connectivity index (χ3v) is 3.47. The van der Waals surface area contributed by atoms with E-state index in [1.54, 1.807) is 30.7 Å². The van der Waals surface area contributed by atoms with E-state index in [9.17, 15) is 4.79 Å². The highest BCUT2D eigenvalue weighted by Gasteiger charge is 2.30. The van der Waals surface area contributed by atoms with Crippen LogP contribution in [0.2, 0.25) is 0 Å². The topological polar surface area (TPSA) is 58.1 Å². The van der Waals surface area contributed by atoms with Crippen LogP contribution in [-0.4, -0.2) is 27.4 Å². The van der Waals surface area contributed by atoms with Gasteiger partial charge in [0.1, 0.15) is 0 Å². The molecule has 1 N–H and O–H groups in total. The second kappa shape index (κ2) is 5.69. The number of rotatable bonds is 2. The van der Waals surface area contributed by atoms with Crippen molar-refractivity contribution in [1.82, 2.24) is 14.9 Å². The Morgan fingerprint density at radius 3 is 2.80 bits per heavy atom. The summed E-state index contributed by atoms with van der Waals surface area (Å²) in [6.45, 7) is 0.762. The van der Waals surface area contributed by atoms with Crippen molar-refractivity contribution in [3.05, 3.63) is 54.6 Å². The van der Waals surface area contributed by atoms with Gasteiger partial charge in [0.15, 0.2) is 0 Å². The number of aromatic nitrogens is 2. The van der Waals surface area contributed by atoms with Gasteiger partial charge >= 0.3 is 6.03 Å². The Kier molecular flexibility index (Phi) is 3.58. The van der Waals surface area contributed by atoms with Crippen molar-refractivity contribution in [2.24, 2.45) is 0 Å². The third-order valence-electron chi connectivity index (χ3n) is 3.47. The van der Waals surface area contributed by atoms with Crippen LogP contribution >= 0.6 is 0 Å². The lowest BCUT2D eigenvalue weighted by Crippen LogP contribution is -2.34. The SMILES string of the molecule is O=C(Nc1ccncc1)N1CCCC1c1ccccn1. The molecule has 0 spiro atoms. The molecule has 1 aliphatic rings. The van der Waals surface area contributed by atoms with Gasteiger partial charge in [0.2, 0.25) is 0 Å². The van der Waals surface area contributed by atoms with Gasteiger partial charge in [0.05, 0.1) is 11.7 Å². The maximum absolute atomic E-state index is 12.4. The molecule has 5 heteroatoms. The van der Waals surface area contributed by atoms with Crippen LogP contribution in [0.3, 0.4) is 0 Å². The largest absolute Gasteiger partial charge is 0.322 e. The molecule has 20 heavy (non-hydrogen) atoms. The van der Waals surface area contributed by atoms with Crippen LogP contribution in [0.4, 0.5) is 10.5 Å². The number of urea groups is 1. The lowest BCUT2D eigenvalue weighted by Gasteiger charge is -2.24. The molecule has 1 fully saturated rings. The summed E-state index contributed by atoms with van der Waals surface area (Å²) in [5.41, 5.74) is 1.71. The van der Waals surface area contributed by atoms with Crippen molar-refractivity contribution in [1.29, 1.82) is 0 Å². The van der Waals surface area contributed by atoms with Crippen molar-refractivity contribution in [3.63, 3.8) is 0 Å². The molecule has 3 heterocycles. The lowest BCUT2D eigenvalue weighted by atomic mass is 10.1. The predicted molar refractivity (Wildman–Crippen MR) is 76.2 cm³/mol. The number of hydrogen-bond acceptors (Lipinski definition) is 3. The van der Waals surface area contributed by atoms with Gasteiger partial charge in [0, 0.05) is 30.8 Å². The summed E-state index contributed by atoms with van der Waals surface area (Å²) in [7, 11) is 0. The summed E-state index contributed by atoms with van der Waals surface area (Å²) in [5.74, 6) is 0. The van der Waals surface area contributed by atoms with Crippen molar-refractivity contribution in [2.75, 3.05) is 11.9 Å². The summed E-state index contributed by atoms with van der Waals surface area (Å²) in [5, 5.41) is 2.90. The average molecular weight is 268 g/mol. The maximum Gasteiger partial charge on any atom is 0.322 e. The number of nitrogens with zero attached hydrogens (tertiary/aromatic N) is 3. The molecule has 0 bridgehead atoms. The zero-order valence-electron chi connectivity index (χ0n) is 11.1. The van der Waals surface area contributed by atoms with E-state index in [1.807, 2.05) is 23.1 Å². The van der Waals surface area contributed by atoms with Crippen molar-refractivity contribution < 1.29 is 4.79 Å². The van der Waals surface area contributed by atoms with E-state index in [4.69, 9.17) is 0 Å². The normalized spacial score (nSPS) is 18.0. The first-order valence-electron chi connectivity index (χ1n) is 6.73. The molecule has 102 valence electrons. The first kappa shape index (κ1) is 12.6. The average Bonchev–Trinajstić information content (AvgIpc) is 2.99. The van der Waals surface area contributed by atoms with E-state index in [2.05, 4.69) is 15.3 Å². The Balaban J connectivity index is 1.74. The minimum atomic E-state index is -0.0793. The Labute approximate surface area is 117 Å². The van der Waals surface area contributed by atoms with Gasteiger partial charge in [-0.1, -0.05) is 6.07 Å². The molecule has 2 aromatic heterocycles. The molecule has 1 saturated heterocycles. The number of carbonyl (C=O) groups excluding carboxylic acids is 1. The molecule has 2 aromatic rings. The fraction of sp³-hybridized carbons (Fsp3) is 0.267. The van der Waals surface area contributed by atoms with E-state index in [-0.39, 0.29) is 12.1 Å². The predicted octanol–water partition coefficient (Wildman–Crippen LogP) is 2.85. The lowest BCUT2D eigenvalue weighted by molar-refractivity contribution is 0.206. The minimum absolute atomic E-state index is 0.0676. The Morgan fingerprint density at radius 2 is 2.05 bits per heavy atom. The van der Waals surface area contributed by atoms with Crippen molar-refractivity contribution in [2.45, 2.75) is 18.9 Å². The third kappa shape index (κ3) is 2.61. The molecule has 3 rings (SSSR count). The van der Waals surface area contributed by atoms with Crippen LogP contribution in [0.15, 0.2) is 48.9 Å². The van der Waals surface area contributed by atoms with Crippen molar-refractivity contribution in [3.8, 4) is 0 Å². The van der Waals surface area contributed by atoms with E-state index >= 15 is 0 Å². The summed E-state index contributed by atoms with van der Waals surface area (Å²) < 4.78 is 0. The highest BCUT2D eigenvalue weighted by Crippen LogP contribution is 2.30. The summed E-state index contributed by atoms with van der Waals surface area (Å²) in [4.78, 5) is 22.5. The summed E-state index contributed by atoms with van der Waals surface area (Å²) in [6, 6.07) is 9.37. The van der Waals surface area contributed by atoms with E-state index in [0.717, 1.165) is 30.8 Å². The number of amides is 2. The monoisotopic (exact) mass is 268 g/mol. The van der Waals surface area contributed by atoms with Crippen LogP contribution < -0.4 is 5.32 Å². The van der Waals surface area contributed by atoms with E-state index in [1.165, 1.54) is 0 Å². The number of pyridine rings is 2. The van der Waals surface area contributed by atoms with Gasteiger partial charge in [-0.3, -0.25) is 9.97 Å². The number of nitrogens with one attached hydrogen (secondary N) is 1. The zero-order valence-corrected chi connectivity index (χ0v) is 11.1. The van der Waals surface area contributed by atoms with Gasteiger partial charge in [-0.15, -0.1) is 0 Å². The second-order valence-corrected chi connectivity index (χ2v) is 4.77. The summed E-state index contributed by atoms with van der Waals surface area (Å²) >= 11 is 0. The van der Waals surface area contributed by atoms with Crippen LogP contribution in [0.1, 0.15) is 24.6 Å². The smallest absolute Gasteiger partial charge is 0.316 e. The van der Waals surface area contributed by atoms with Gasteiger partial charge in [-0.05, 0) is 37.1 Å². The molecule has 1 atom stereocenters. The van der Waals surface area contributed by atoms with Crippen LogP contribution in [-0.2, 0) is 0 Å². The molecule has 2 amide bonds. The van der Waals surface area contributed by atoms with E-state index < -0.39 is 0 Å². The first-order chi connectivity index (χ1) is 9.84. The Bertz CT molecular complexity index is 573. The highest BCUT2D eigenvalue weighted by molar-refractivity contribution is 5.89. The molecule has 5 nitrogen and oxygen atoms in total. The molecule has 0 aliphatic carbocycles.